The third kappa shape index (κ3) is 68.0. The van der Waals surface area contributed by atoms with Crippen molar-refractivity contribution >= 4 is 17.9 Å². The van der Waals surface area contributed by atoms with Gasteiger partial charge in [0, 0.05) is 19.3 Å². The maximum absolute atomic E-state index is 12.9. The van der Waals surface area contributed by atoms with Crippen molar-refractivity contribution in [1.29, 1.82) is 0 Å². The second-order valence-corrected chi connectivity index (χ2v) is 22.3. The van der Waals surface area contributed by atoms with Gasteiger partial charge in [-0.15, -0.1) is 0 Å². The van der Waals surface area contributed by atoms with Crippen LogP contribution in [0, 0.1) is 0 Å². The number of carbonyl (C=O) groups excluding carboxylic acids is 3. The number of hydrogen-bond donors (Lipinski definition) is 0. The molecule has 6 heteroatoms. The molecule has 0 fully saturated rings. The minimum Gasteiger partial charge on any atom is -0.462 e. The van der Waals surface area contributed by atoms with Gasteiger partial charge in [0.15, 0.2) is 6.10 Å². The Hall–Kier alpha value is -4.71. The normalized spacial score (nSPS) is 13.0. The quantitative estimate of drug-likeness (QED) is 0.0261. The monoisotopic (exact) mass is 1150 g/mol. The van der Waals surface area contributed by atoms with E-state index in [0.717, 1.165) is 167 Å². The van der Waals surface area contributed by atoms with Crippen molar-refractivity contribution in [2.75, 3.05) is 13.2 Å². The Morgan fingerprint density at radius 3 is 0.735 bits per heavy atom. The Morgan fingerprint density at radius 1 is 0.253 bits per heavy atom. The zero-order valence-corrected chi connectivity index (χ0v) is 53.9. The molecule has 0 aliphatic heterocycles. The van der Waals surface area contributed by atoms with Gasteiger partial charge in [-0.3, -0.25) is 14.4 Å². The lowest BCUT2D eigenvalue weighted by atomic mass is 10.0. The molecule has 0 heterocycles. The number of rotatable bonds is 61. The van der Waals surface area contributed by atoms with E-state index in [0.29, 0.717) is 19.3 Å². The van der Waals surface area contributed by atoms with E-state index in [-0.39, 0.29) is 31.1 Å². The highest BCUT2D eigenvalue weighted by Crippen LogP contribution is 2.16. The van der Waals surface area contributed by atoms with Crippen molar-refractivity contribution in [2.45, 2.75) is 309 Å². The van der Waals surface area contributed by atoms with E-state index in [9.17, 15) is 14.4 Å². The first-order valence-electron chi connectivity index (χ1n) is 34.3. The van der Waals surface area contributed by atoms with Gasteiger partial charge in [-0.05, 0) is 135 Å². The smallest absolute Gasteiger partial charge is 0.306 e. The molecule has 0 N–H and O–H groups in total. The van der Waals surface area contributed by atoms with Gasteiger partial charge in [0.05, 0.1) is 0 Å². The molecule has 0 aromatic rings. The number of carbonyl (C=O) groups is 3. The minimum absolute atomic E-state index is 0.0925. The molecule has 1 unspecified atom stereocenters. The first-order chi connectivity index (χ1) is 41.0. The van der Waals surface area contributed by atoms with Crippen molar-refractivity contribution < 1.29 is 28.6 Å². The summed E-state index contributed by atoms with van der Waals surface area (Å²) in [6.07, 6.45) is 100. The van der Waals surface area contributed by atoms with Gasteiger partial charge in [0.25, 0.3) is 0 Å². The number of ether oxygens (including phenoxy) is 3. The Balaban J connectivity index is 4.35. The van der Waals surface area contributed by atoms with E-state index in [2.05, 4.69) is 167 Å². The maximum Gasteiger partial charge on any atom is 0.306 e. The van der Waals surface area contributed by atoms with Crippen LogP contribution in [0.25, 0.3) is 0 Å². The fourth-order valence-electron chi connectivity index (χ4n) is 9.24. The highest BCUT2D eigenvalue weighted by molar-refractivity contribution is 5.71. The predicted molar refractivity (Wildman–Crippen MR) is 362 cm³/mol. The van der Waals surface area contributed by atoms with Crippen LogP contribution >= 0.6 is 0 Å². The lowest BCUT2D eigenvalue weighted by molar-refractivity contribution is -0.167. The third-order valence-electron chi connectivity index (χ3n) is 14.3. The fraction of sp³-hybridized carbons (Fsp3) is 0.649. The maximum atomic E-state index is 12.9. The highest BCUT2D eigenvalue weighted by Gasteiger charge is 2.19. The third-order valence-corrected chi connectivity index (χ3v) is 14.3. The molecule has 0 rings (SSSR count). The molecule has 0 aliphatic rings. The van der Waals surface area contributed by atoms with E-state index in [4.69, 9.17) is 14.2 Å². The summed E-state index contributed by atoms with van der Waals surface area (Å²) in [5, 5.41) is 0. The Morgan fingerprint density at radius 2 is 0.470 bits per heavy atom. The molecule has 0 spiro atoms. The largest absolute Gasteiger partial charge is 0.462 e. The van der Waals surface area contributed by atoms with Crippen molar-refractivity contribution in [2.24, 2.45) is 0 Å². The van der Waals surface area contributed by atoms with Gasteiger partial charge >= 0.3 is 17.9 Å². The average Bonchev–Trinajstić information content (AvgIpc) is 3.49. The summed E-state index contributed by atoms with van der Waals surface area (Å²) in [5.41, 5.74) is 0. The molecule has 83 heavy (non-hydrogen) atoms. The first-order valence-corrected chi connectivity index (χ1v) is 34.3. The van der Waals surface area contributed by atoms with Crippen LogP contribution in [0.5, 0.6) is 0 Å². The molecular weight excluding hydrogens is 1020 g/mol. The van der Waals surface area contributed by atoms with E-state index in [1.54, 1.807) is 0 Å². The van der Waals surface area contributed by atoms with E-state index < -0.39 is 6.10 Å². The molecule has 1 atom stereocenters. The van der Waals surface area contributed by atoms with Crippen molar-refractivity contribution in [1.82, 2.24) is 0 Å². The van der Waals surface area contributed by atoms with Gasteiger partial charge in [-0.1, -0.05) is 295 Å². The van der Waals surface area contributed by atoms with Crippen LogP contribution in [0.2, 0.25) is 0 Å². The molecule has 0 aromatic heterocycles. The van der Waals surface area contributed by atoms with Crippen molar-refractivity contribution in [3.8, 4) is 0 Å². The van der Waals surface area contributed by atoms with Gasteiger partial charge in [0.2, 0.25) is 0 Å². The lowest BCUT2D eigenvalue weighted by Gasteiger charge is -2.18. The second-order valence-electron chi connectivity index (χ2n) is 22.3. The standard InChI is InChI=1S/C77H126O6/c1-4-7-10-13-16-19-22-25-27-29-31-33-35-37-38-40-41-43-45-47-49-52-55-58-61-64-67-70-76(79)82-73-74(72-81-75(78)69-66-63-60-57-54-51-24-21-18-15-12-9-6-3)83-77(80)71-68-65-62-59-56-53-50-48-46-44-42-39-36-34-32-30-28-26-23-20-17-14-11-8-5-2/h7-8,10-12,15-17,19-21,24-28,31-34,39,42,46,48,74H,4-6,9,13-14,18,22-23,29-30,35-38,40-41,43-45,47,49-73H2,1-3H3/b10-7-,11-8-,15-12-,19-16-,20-17-,24-21-,27-25-,28-26-,33-31-,34-32-,42-39-,48-46-. The fourth-order valence-corrected chi connectivity index (χ4v) is 9.24. The van der Waals surface area contributed by atoms with E-state index in [1.807, 2.05) is 0 Å². The molecule has 0 amide bonds. The number of unbranched alkanes of at least 4 members (excludes halogenated alkanes) is 26. The van der Waals surface area contributed by atoms with Crippen LogP contribution in [0.1, 0.15) is 303 Å². The molecule has 470 valence electrons. The zero-order valence-electron chi connectivity index (χ0n) is 53.9. The van der Waals surface area contributed by atoms with Gasteiger partial charge in [-0.2, -0.15) is 0 Å². The SMILES string of the molecule is CC/C=C\C/C=C\C/C=C\C/C=C\C/C=C\C/C=C\CCCCCCCCC(=O)OC(COC(=O)CCCCCCC/C=C\C/C=C\CCC)COC(=O)CCCCCCCCCCCCCCCC/C=C\C/C=C\C/C=C\C/C=C\CC. The summed E-state index contributed by atoms with van der Waals surface area (Å²) in [4.78, 5) is 38.4. The summed E-state index contributed by atoms with van der Waals surface area (Å²) in [6, 6.07) is 0. The molecule has 0 aliphatic carbocycles. The predicted octanol–water partition coefficient (Wildman–Crippen LogP) is 23.9. The van der Waals surface area contributed by atoms with Crippen LogP contribution < -0.4 is 0 Å². The summed E-state index contributed by atoms with van der Waals surface area (Å²) in [7, 11) is 0. The van der Waals surface area contributed by atoms with Gasteiger partial charge in [-0.25, -0.2) is 0 Å². The second kappa shape index (κ2) is 69.8. The van der Waals surface area contributed by atoms with Crippen molar-refractivity contribution in [3.05, 3.63) is 146 Å². The molecule has 0 bridgehead atoms. The van der Waals surface area contributed by atoms with Gasteiger partial charge in [0.1, 0.15) is 13.2 Å². The molecule has 0 radical (unpaired) electrons. The van der Waals surface area contributed by atoms with Crippen LogP contribution in [-0.2, 0) is 28.6 Å². The summed E-state index contributed by atoms with van der Waals surface area (Å²) < 4.78 is 16.9. The molecule has 0 saturated carbocycles. The van der Waals surface area contributed by atoms with Crippen LogP contribution in [0.4, 0.5) is 0 Å². The Labute approximate surface area is 512 Å². The summed E-state index contributed by atoms with van der Waals surface area (Å²) in [5.74, 6) is -0.918. The molecule has 0 aromatic carbocycles. The summed E-state index contributed by atoms with van der Waals surface area (Å²) in [6.45, 7) is 6.34. The topological polar surface area (TPSA) is 78.9 Å². The lowest BCUT2D eigenvalue weighted by Crippen LogP contribution is -2.30. The molecule has 6 nitrogen and oxygen atoms in total. The molecule has 0 saturated heterocycles. The first kappa shape index (κ1) is 78.3. The van der Waals surface area contributed by atoms with Crippen LogP contribution in [0.3, 0.4) is 0 Å². The van der Waals surface area contributed by atoms with Crippen LogP contribution in [-0.4, -0.2) is 37.2 Å². The van der Waals surface area contributed by atoms with Crippen LogP contribution in [0.15, 0.2) is 146 Å². The van der Waals surface area contributed by atoms with E-state index in [1.165, 1.54) is 96.3 Å². The Kier molecular flexibility index (Phi) is 65.8. The Bertz CT molecular complexity index is 1800. The molecular formula is C77H126O6. The zero-order chi connectivity index (χ0) is 59.9. The van der Waals surface area contributed by atoms with Crippen molar-refractivity contribution in [3.63, 3.8) is 0 Å². The van der Waals surface area contributed by atoms with E-state index >= 15 is 0 Å². The average molecular weight is 1150 g/mol. The number of esters is 3. The number of hydrogen-bond acceptors (Lipinski definition) is 6. The minimum atomic E-state index is -0.799. The highest BCUT2D eigenvalue weighted by atomic mass is 16.6. The number of allylic oxidation sites excluding steroid dienone is 24. The summed E-state index contributed by atoms with van der Waals surface area (Å²) >= 11 is 0. The van der Waals surface area contributed by atoms with Gasteiger partial charge < -0.3 is 14.2 Å².